The van der Waals surface area contributed by atoms with Gasteiger partial charge in [-0.1, -0.05) is 6.07 Å². The molecule has 1 fully saturated rings. The number of hydrogen-bond acceptors (Lipinski definition) is 2. The highest BCUT2D eigenvalue weighted by molar-refractivity contribution is 5.81. The van der Waals surface area contributed by atoms with Gasteiger partial charge in [-0.15, -0.1) is 0 Å². The number of nitrogens with one attached hydrogen (secondary N) is 1. The Morgan fingerprint density at radius 1 is 1.28 bits per heavy atom. The van der Waals surface area contributed by atoms with Crippen molar-refractivity contribution in [3.05, 3.63) is 35.8 Å². The van der Waals surface area contributed by atoms with Crippen molar-refractivity contribution in [2.24, 2.45) is 7.05 Å². The first-order valence-corrected chi connectivity index (χ1v) is 6.41. The molecule has 18 heavy (non-hydrogen) atoms. The number of fused-ring (bicyclic) bond motifs is 1. The summed E-state index contributed by atoms with van der Waals surface area (Å²) in [6.45, 7) is 5.09. The highest BCUT2D eigenvalue weighted by Gasteiger charge is 2.14. The second kappa shape index (κ2) is 4.71. The van der Waals surface area contributed by atoms with Gasteiger partial charge in [0, 0.05) is 50.9 Å². The van der Waals surface area contributed by atoms with Crippen LogP contribution in [-0.4, -0.2) is 35.6 Å². The minimum atomic E-state index is -0.130. The van der Waals surface area contributed by atoms with Crippen LogP contribution in [0.15, 0.2) is 24.3 Å². The molecule has 4 heteroatoms. The van der Waals surface area contributed by atoms with Gasteiger partial charge in [-0.05, 0) is 18.2 Å². The van der Waals surface area contributed by atoms with E-state index >= 15 is 0 Å². The Hall–Kier alpha value is -1.39. The molecule has 0 spiro atoms. The maximum atomic E-state index is 13.7. The Morgan fingerprint density at radius 3 is 2.78 bits per heavy atom. The number of nitrogens with zero attached hydrogens (tertiary/aromatic N) is 2. The van der Waals surface area contributed by atoms with Crippen molar-refractivity contribution in [1.82, 2.24) is 14.8 Å². The van der Waals surface area contributed by atoms with E-state index in [0.717, 1.165) is 43.6 Å². The molecular weight excluding hydrogens is 229 g/mol. The fourth-order valence-electron chi connectivity index (χ4n) is 2.63. The van der Waals surface area contributed by atoms with Crippen LogP contribution in [0.1, 0.15) is 5.69 Å². The molecule has 1 aromatic carbocycles. The molecule has 0 saturated carbocycles. The lowest BCUT2D eigenvalue weighted by atomic mass is 10.2. The van der Waals surface area contributed by atoms with Crippen molar-refractivity contribution in [3.63, 3.8) is 0 Å². The minimum absolute atomic E-state index is 0.130. The van der Waals surface area contributed by atoms with E-state index in [2.05, 4.69) is 14.8 Å². The smallest absolute Gasteiger partial charge is 0.132 e. The molecule has 1 N–H and O–H groups in total. The first kappa shape index (κ1) is 11.7. The molecular formula is C14H18FN3. The highest BCUT2D eigenvalue weighted by atomic mass is 19.1. The van der Waals surface area contributed by atoms with Crippen LogP contribution in [0.2, 0.25) is 0 Å². The summed E-state index contributed by atoms with van der Waals surface area (Å²) in [4.78, 5) is 2.41. The van der Waals surface area contributed by atoms with Gasteiger partial charge in [-0.25, -0.2) is 4.39 Å². The van der Waals surface area contributed by atoms with Crippen molar-refractivity contribution in [2.75, 3.05) is 26.2 Å². The van der Waals surface area contributed by atoms with Crippen molar-refractivity contribution in [3.8, 4) is 0 Å². The summed E-state index contributed by atoms with van der Waals surface area (Å²) >= 11 is 0. The van der Waals surface area contributed by atoms with E-state index in [-0.39, 0.29) is 5.82 Å². The summed E-state index contributed by atoms with van der Waals surface area (Å²) < 4.78 is 15.8. The fraction of sp³-hybridized carbons (Fsp3) is 0.429. The molecule has 0 atom stereocenters. The van der Waals surface area contributed by atoms with Crippen LogP contribution < -0.4 is 5.32 Å². The zero-order valence-corrected chi connectivity index (χ0v) is 10.6. The molecule has 0 aliphatic carbocycles. The Bertz CT molecular complexity index is 555. The lowest BCUT2D eigenvalue weighted by Gasteiger charge is -2.27. The van der Waals surface area contributed by atoms with Gasteiger partial charge < -0.3 is 9.88 Å². The van der Waals surface area contributed by atoms with Gasteiger partial charge >= 0.3 is 0 Å². The molecule has 0 amide bonds. The van der Waals surface area contributed by atoms with Crippen LogP contribution >= 0.6 is 0 Å². The topological polar surface area (TPSA) is 20.2 Å². The third kappa shape index (κ3) is 2.02. The average Bonchev–Trinajstić information content (AvgIpc) is 2.70. The molecule has 3 nitrogen and oxygen atoms in total. The Balaban J connectivity index is 1.92. The number of halogens is 1. The molecule has 2 aromatic rings. The molecule has 0 radical (unpaired) electrons. The second-order valence-corrected chi connectivity index (χ2v) is 4.89. The van der Waals surface area contributed by atoms with E-state index in [1.807, 2.05) is 19.2 Å². The largest absolute Gasteiger partial charge is 0.346 e. The quantitative estimate of drug-likeness (QED) is 0.872. The van der Waals surface area contributed by atoms with Crippen LogP contribution in [0, 0.1) is 5.82 Å². The molecule has 0 unspecified atom stereocenters. The molecule has 2 heterocycles. The Labute approximate surface area is 106 Å². The third-order valence-corrected chi connectivity index (χ3v) is 3.73. The Morgan fingerprint density at radius 2 is 2.06 bits per heavy atom. The van der Waals surface area contributed by atoms with Gasteiger partial charge in [0.2, 0.25) is 0 Å². The van der Waals surface area contributed by atoms with Gasteiger partial charge in [0.15, 0.2) is 0 Å². The highest BCUT2D eigenvalue weighted by Crippen LogP contribution is 2.22. The zero-order chi connectivity index (χ0) is 12.5. The van der Waals surface area contributed by atoms with Crippen LogP contribution in [0.3, 0.4) is 0 Å². The standard InChI is InChI=1S/C14H18FN3/c1-17-11(10-18-7-5-16-6-8-18)9-12-13(15)3-2-4-14(12)17/h2-4,9,16H,5-8,10H2,1H3. The minimum Gasteiger partial charge on any atom is -0.346 e. The summed E-state index contributed by atoms with van der Waals surface area (Å²) in [5, 5.41) is 4.07. The number of benzene rings is 1. The summed E-state index contributed by atoms with van der Waals surface area (Å²) in [6.07, 6.45) is 0. The van der Waals surface area contributed by atoms with Gasteiger partial charge in [0.1, 0.15) is 5.82 Å². The van der Waals surface area contributed by atoms with Crippen molar-refractivity contribution >= 4 is 10.9 Å². The van der Waals surface area contributed by atoms with Crippen LogP contribution in [0.25, 0.3) is 10.9 Å². The second-order valence-electron chi connectivity index (χ2n) is 4.89. The summed E-state index contributed by atoms with van der Waals surface area (Å²) in [5.41, 5.74) is 2.15. The van der Waals surface area contributed by atoms with Crippen molar-refractivity contribution < 1.29 is 4.39 Å². The third-order valence-electron chi connectivity index (χ3n) is 3.73. The maximum Gasteiger partial charge on any atom is 0.132 e. The lowest BCUT2D eigenvalue weighted by Crippen LogP contribution is -2.43. The van der Waals surface area contributed by atoms with E-state index in [4.69, 9.17) is 0 Å². The summed E-state index contributed by atoms with van der Waals surface area (Å²) in [6, 6.07) is 7.25. The first-order valence-electron chi connectivity index (χ1n) is 6.41. The van der Waals surface area contributed by atoms with Crippen LogP contribution in [-0.2, 0) is 13.6 Å². The maximum absolute atomic E-state index is 13.7. The summed E-state index contributed by atoms with van der Waals surface area (Å²) in [5.74, 6) is -0.130. The molecule has 1 saturated heterocycles. The molecule has 0 bridgehead atoms. The molecule has 1 aliphatic heterocycles. The van der Waals surface area contributed by atoms with E-state index in [1.165, 1.54) is 11.8 Å². The normalized spacial score (nSPS) is 17.4. The van der Waals surface area contributed by atoms with Gasteiger partial charge in [-0.3, -0.25) is 4.90 Å². The number of piperazine rings is 1. The average molecular weight is 247 g/mol. The number of aromatic nitrogens is 1. The SMILES string of the molecule is Cn1c(CN2CCNCC2)cc2c(F)cccc21. The van der Waals surface area contributed by atoms with E-state index in [1.54, 1.807) is 6.07 Å². The lowest BCUT2D eigenvalue weighted by molar-refractivity contribution is 0.229. The summed E-state index contributed by atoms with van der Waals surface area (Å²) in [7, 11) is 2.01. The number of aryl methyl sites for hydroxylation is 1. The predicted octanol–water partition coefficient (Wildman–Crippen LogP) is 1.72. The van der Waals surface area contributed by atoms with E-state index in [0.29, 0.717) is 0 Å². The number of rotatable bonds is 2. The molecule has 3 rings (SSSR count). The Kier molecular flexibility index (Phi) is 3.06. The van der Waals surface area contributed by atoms with Crippen LogP contribution in [0.4, 0.5) is 4.39 Å². The van der Waals surface area contributed by atoms with Gasteiger partial charge in [-0.2, -0.15) is 0 Å². The predicted molar refractivity (Wildman–Crippen MR) is 71.0 cm³/mol. The fourth-order valence-corrected chi connectivity index (χ4v) is 2.63. The molecule has 1 aliphatic rings. The molecule has 96 valence electrons. The van der Waals surface area contributed by atoms with E-state index in [9.17, 15) is 4.39 Å². The zero-order valence-electron chi connectivity index (χ0n) is 10.6. The molecule has 1 aromatic heterocycles. The van der Waals surface area contributed by atoms with E-state index < -0.39 is 0 Å². The number of hydrogen-bond donors (Lipinski definition) is 1. The van der Waals surface area contributed by atoms with Gasteiger partial charge in [0.25, 0.3) is 0 Å². The van der Waals surface area contributed by atoms with Crippen LogP contribution in [0.5, 0.6) is 0 Å². The van der Waals surface area contributed by atoms with Crippen molar-refractivity contribution in [2.45, 2.75) is 6.54 Å². The first-order chi connectivity index (χ1) is 8.75. The van der Waals surface area contributed by atoms with Crippen molar-refractivity contribution in [1.29, 1.82) is 0 Å². The monoisotopic (exact) mass is 247 g/mol. The van der Waals surface area contributed by atoms with Gasteiger partial charge in [0.05, 0.1) is 5.52 Å².